The van der Waals surface area contributed by atoms with E-state index in [1.165, 1.54) is 11.6 Å². The lowest BCUT2D eigenvalue weighted by atomic mass is 10.1. The van der Waals surface area contributed by atoms with Crippen LogP contribution in [0.5, 0.6) is 0 Å². The maximum Gasteiger partial charge on any atom is 0.131 e. The highest BCUT2D eigenvalue weighted by Crippen LogP contribution is 2.17. The van der Waals surface area contributed by atoms with Crippen LogP contribution in [0.3, 0.4) is 0 Å². The van der Waals surface area contributed by atoms with E-state index in [1.807, 2.05) is 13.1 Å². The summed E-state index contributed by atoms with van der Waals surface area (Å²) < 4.78 is 13.4. The second kappa shape index (κ2) is 5.89. The molecule has 0 aliphatic carbocycles. The van der Waals surface area contributed by atoms with Gasteiger partial charge >= 0.3 is 0 Å². The standard InChI is InChI=1S/C12H15ClFN/c1-3-9(8-15-2)6-10-4-5-11(13)7-12(10)14/h4-7,15H,3,8H2,1-2H3/b9-6-. The fraction of sp³-hybridized carbons (Fsp3) is 0.333. The first-order chi connectivity index (χ1) is 7.17. The van der Waals surface area contributed by atoms with Gasteiger partial charge < -0.3 is 5.32 Å². The summed E-state index contributed by atoms with van der Waals surface area (Å²) in [6.07, 6.45) is 2.77. The molecule has 82 valence electrons. The van der Waals surface area contributed by atoms with Gasteiger partial charge in [0, 0.05) is 17.1 Å². The van der Waals surface area contributed by atoms with E-state index in [4.69, 9.17) is 11.6 Å². The van der Waals surface area contributed by atoms with E-state index in [1.54, 1.807) is 12.1 Å². The Morgan fingerprint density at radius 3 is 2.80 bits per heavy atom. The fourth-order valence-corrected chi connectivity index (χ4v) is 1.50. The maximum atomic E-state index is 13.4. The number of halogens is 2. The van der Waals surface area contributed by atoms with E-state index in [9.17, 15) is 4.39 Å². The van der Waals surface area contributed by atoms with Crippen molar-refractivity contribution >= 4 is 17.7 Å². The minimum Gasteiger partial charge on any atom is -0.316 e. The van der Waals surface area contributed by atoms with Crippen molar-refractivity contribution in [1.82, 2.24) is 5.32 Å². The van der Waals surface area contributed by atoms with Gasteiger partial charge in [0.05, 0.1) is 0 Å². The number of hydrogen-bond acceptors (Lipinski definition) is 1. The number of hydrogen-bond donors (Lipinski definition) is 1. The van der Waals surface area contributed by atoms with Crippen molar-refractivity contribution in [3.05, 3.63) is 40.2 Å². The smallest absolute Gasteiger partial charge is 0.131 e. The summed E-state index contributed by atoms with van der Waals surface area (Å²) >= 11 is 5.68. The average Bonchev–Trinajstić information content (AvgIpc) is 2.21. The highest BCUT2D eigenvalue weighted by Gasteiger charge is 2.01. The predicted octanol–water partition coefficient (Wildman–Crippen LogP) is 3.49. The molecule has 1 aromatic rings. The topological polar surface area (TPSA) is 12.0 Å². The lowest BCUT2D eigenvalue weighted by Gasteiger charge is -2.04. The Hall–Kier alpha value is -0.860. The Kier molecular flexibility index (Phi) is 4.79. The van der Waals surface area contributed by atoms with Crippen molar-refractivity contribution in [2.75, 3.05) is 13.6 Å². The average molecular weight is 228 g/mol. The molecular weight excluding hydrogens is 213 g/mol. The van der Waals surface area contributed by atoms with Crippen molar-refractivity contribution in [1.29, 1.82) is 0 Å². The van der Waals surface area contributed by atoms with Gasteiger partial charge in [0.1, 0.15) is 5.82 Å². The van der Waals surface area contributed by atoms with Crippen molar-refractivity contribution in [3.63, 3.8) is 0 Å². The van der Waals surface area contributed by atoms with Gasteiger partial charge in [-0.05, 0) is 25.6 Å². The van der Waals surface area contributed by atoms with Crippen LogP contribution >= 0.6 is 11.6 Å². The monoisotopic (exact) mass is 227 g/mol. The van der Waals surface area contributed by atoms with Crippen LogP contribution in [0.25, 0.3) is 6.08 Å². The first-order valence-corrected chi connectivity index (χ1v) is 5.34. The molecule has 1 nitrogen and oxygen atoms in total. The molecule has 0 bridgehead atoms. The molecule has 0 aliphatic rings. The van der Waals surface area contributed by atoms with Crippen molar-refractivity contribution in [2.24, 2.45) is 0 Å². The molecule has 1 aromatic carbocycles. The van der Waals surface area contributed by atoms with Gasteiger partial charge in [0.25, 0.3) is 0 Å². The Labute approximate surface area is 95.0 Å². The van der Waals surface area contributed by atoms with Crippen LogP contribution in [0.15, 0.2) is 23.8 Å². The summed E-state index contributed by atoms with van der Waals surface area (Å²) in [4.78, 5) is 0. The molecule has 0 spiro atoms. The molecule has 0 saturated heterocycles. The molecule has 0 heterocycles. The van der Waals surface area contributed by atoms with Gasteiger partial charge in [-0.1, -0.05) is 36.2 Å². The van der Waals surface area contributed by atoms with Gasteiger partial charge in [-0.3, -0.25) is 0 Å². The Balaban J connectivity index is 2.95. The molecule has 0 amide bonds. The molecule has 0 aliphatic heterocycles. The molecule has 0 atom stereocenters. The largest absolute Gasteiger partial charge is 0.316 e. The summed E-state index contributed by atoms with van der Waals surface area (Å²) in [5.41, 5.74) is 1.75. The Morgan fingerprint density at radius 1 is 1.53 bits per heavy atom. The molecule has 1 N–H and O–H groups in total. The molecule has 1 rings (SSSR count). The third kappa shape index (κ3) is 3.65. The first kappa shape index (κ1) is 12.2. The molecular formula is C12H15ClFN. The molecule has 3 heteroatoms. The van der Waals surface area contributed by atoms with Gasteiger partial charge in [-0.15, -0.1) is 0 Å². The fourth-order valence-electron chi connectivity index (χ4n) is 1.34. The summed E-state index contributed by atoms with van der Waals surface area (Å²) in [6.45, 7) is 2.83. The lowest BCUT2D eigenvalue weighted by molar-refractivity contribution is 0.625. The van der Waals surface area contributed by atoms with Crippen LogP contribution in [0.4, 0.5) is 4.39 Å². The van der Waals surface area contributed by atoms with Crippen LogP contribution in [-0.2, 0) is 0 Å². The highest BCUT2D eigenvalue weighted by atomic mass is 35.5. The zero-order valence-corrected chi connectivity index (χ0v) is 9.74. The minimum absolute atomic E-state index is 0.274. The van der Waals surface area contributed by atoms with Crippen LogP contribution in [0.1, 0.15) is 18.9 Å². The minimum atomic E-state index is -0.274. The van der Waals surface area contributed by atoms with Crippen LogP contribution in [-0.4, -0.2) is 13.6 Å². The van der Waals surface area contributed by atoms with Crippen molar-refractivity contribution in [3.8, 4) is 0 Å². The van der Waals surface area contributed by atoms with E-state index >= 15 is 0 Å². The molecule has 0 unspecified atom stereocenters. The lowest BCUT2D eigenvalue weighted by Crippen LogP contribution is -2.09. The van der Waals surface area contributed by atoms with Gasteiger partial charge in [0.15, 0.2) is 0 Å². The quantitative estimate of drug-likeness (QED) is 0.830. The molecule has 15 heavy (non-hydrogen) atoms. The van der Waals surface area contributed by atoms with Gasteiger partial charge in [0.2, 0.25) is 0 Å². The summed E-state index contributed by atoms with van der Waals surface area (Å²) in [6, 6.07) is 4.73. The zero-order chi connectivity index (χ0) is 11.3. The van der Waals surface area contributed by atoms with E-state index < -0.39 is 0 Å². The van der Waals surface area contributed by atoms with Crippen LogP contribution in [0, 0.1) is 5.82 Å². The molecule has 0 aromatic heterocycles. The molecule has 0 radical (unpaired) electrons. The summed E-state index contributed by atoms with van der Waals surface area (Å²) in [5, 5.41) is 3.48. The second-order valence-electron chi connectivity index (χ2n) is 3.35. The summed E-state index contributed by atoms with van der Waals surface area (Å²) in [7, 11) is 1.88. The third-order valence-corrected chi connectivity index (χ3v) is 2.42. The second-order valence-corrected chi connectivity index (χ2v) is 3.79. The number of likely N-dealkylation sites (N-methyl/N-ethyl adjacent to an activating group) is 1. The predicted molar refractivity (Wildman–Crippen MR) is 63.6 cm³/mol. The first-order valence-electron chi connectivity index (χ1n) is 4.96. The number of benzene rings is 1. The molecule has 0 fully saturated rings. The Bertz CT molecular complexity index is 361. The highest BCUT2D eigenvalue weighted by molar-refractivity contribution is 6.30. The maximum absolute atomic E-state index is 13.4. The number of rotatable bonds is 4. The zero-order valence-electron chi connectivity index (χ0n) is 8.98. The van der Waals surface area contributed by atoms with E-state index in [-0.39, 0.29) is 5.82 Å². The van der Waals surface area contributed by atoms with Crippen molar-refractivity contribution in [2.45, 2.75) is 13.3 Å². The van der Waals surface area contributed by atoms with E-state index in [0.29, 0.717) is 10.6 Å². The Morgan fingerprint density at radius 2 is 2.27 bits per heavy atom. The van der Waals surface area contributed by atoms with Gasteiger partial charge in [-0.25, -0.2) is 4.39 Å². The number of nitrogens with one attached hydrogen (secondary N) is 1. The van der Waals surface area contributed by atoms with Crippen molar-refractivity contribution < 1.29 is 4.39 Å². The van der Waals surface area contributed by atoms with Crippen LogP contribution < -0.4 is 5.32 Å². The third-order valence-electron chi connectivity index (χ3n) is 2.18. The molecule has 0 saturated carbocycles. The van der Waals surface area contributed by atoms with Gasteiger partial charge in [-0.2, -0.15) is 0 Å². The van der Waals surface area contributed by atoms with Crippen LogP contribution in [0.2, 0.25) is 5.02 Å². The SMILES string of the molecule is CC/C(=C/c1ccc(Cl)cc1F)CNC. The normalized spacial score (nSPS) is 11.9. The summed E-state index contributed by atoms with van der Waals surface area (Å²) in [5.74, 6) is -0.274. The van der Waals surface area contributed by atoms with E-state index in [2.05, 4.69) is 12.2 Å². The van der Waals surface area contributed by atoms with E-state index in [0.717, 1.165) is 13.0 Å².